The summed E-state index contributed by atoms with van der Waals surface area (Å²) in [7, 11) is 0. The molecule has 1 amide bonds. The molecule has 0 aliphatic heterocycles. The van der Waals surface area contributed by atoms with Crippen LogP contribution >= 0.6 is 0 Å². The Labute approximate surface area is 105 Å². The van der Waals surface area contributed by atoms with Gasteiger partial charge in [0.2, 0.25) is 0 Å². The van der Waals surface area contributed by atoms with E-state index in [-0.39, 0.29) is 11.5 Å². The largest absolute Gasteiger partial charge is 0.382 e. The van der Waals surface area contributed by atoms with Gasteiger partial charge in [0, 0.05) is 6.54 Å². The van der Waals surface area contributed by atoms with E-state index in [1.165, 1.54) is 11.9 Å². The summed E-state index contributed by atoms with van der Waals surface area (Å²) >= 11 is 0. The third kappa shape index (κ3) is 2.20. The lowest BCUT2D eigenvalue weighted by atomic mass is 10.1. The average molecular weight is 244 g/mol. The second-order valence-electron chi connectivity index (χ2n) is 4.40. The smallest absolute Gasteiger partial charge is 0.269 e. The fraction of sp³-hybridized carbons (Fsp3) is 0.231. The molecule has 0 atom stereocenters. The maximum absolute atomic E-state index is 11.3. The first-order chi connectivity index (χ1) is 8.49. The van der Waals surface area contributed by atoms with Gasteiger partial charge in [0.15, 0.2) is 11.5 Å². The molecule has 0 saturated carbocycles. The lowest BCUT2D eigenvalue weighted by Gasteiger charge is -2.09. The highest BCUT2D eigenvalue weighted by molar-refractivity contribution is 5.95. The molecule has 1 heterocycles. The molecule has 0 bridgehead atoms. The molecule has 5 nitrogen and oxygen atoms in total. The zero-order valence-electron chi connectivity index (χ0n) is 10.5. The van der Waals surface area contributed by atoms with Crippen molar-refractivity contribution in [3.05, 3.63) is 46.9 Å². The van der Waals surface area contributed by atoms with Crippen LogP contribution in [0, 0.1) is 13.8 Å². The third-order valence-corrected chi connectivity index (χ3v) is 2.94. The Morgan fingerprint density at radius 1 is 1.39 bits per heavy atom. The maximum Gasteiger partial charge on any atom is 0.269 e. The quantitative estimate of drug-likeness (QED) is 0.851. The molecule has 0 saturated heterocycles. The van der Waals surface area contributed by atoms with Crippen LogP contribution in [0.2, 0.25) is 0 Å². The van der Waals surface area contributed by atoms with E-state index in [0.29, 0.717) is 6.54 Å². The van der Waals surface area contributed by atoms with Crippen LogP contribution in [0.15, 0.2) is 24.5 Å². The van der Waals surface area contributed by atoms with Crippen molar-refractivity contribution < 1.29 is 4.79 Å². The zero-order valence-corrected chi connectivity index (χ0v) is 10.5. The van der Waals surface area contributed by atoms with Crippen LogP contribution in [0.25, 0.3) is 0 Å². The van der Waals surface area contributed by atoms with Gasteiger partial charge < -0.3 is 16.0 Å². The predicted octanol–water partition coefficient (Wildman–Crippen LogP) is 1.23. The van der Waals surface area contributed by atoms with Crippen LogP contribution in [-0.2, 0) is 6.54 Å². The molecule has 2 aromatic rings. The number of anilines is 1. The minimum atomic E-state index is -0.560. The topological polar surface area (TPSA) is 86.9 Å². The molecular weight excluding hydrogens is 228 g/mol. The molecular formula is C13H16N4O. The molecule has 1 aromatic carbocycles. The molecule has 5 heteroatoms. The minimum Gasteiger partial charge on any atom is -0.382 e. The number of primary amides is 1. The van der Waals surface area contributed by atoms with Gasteiger partial charge in [-0.25, -0.2) is 4.98 Å². The number of imidazole rings is 1. The number of amides is 1. The lowest BCUT2D eigenvalue weighted by molar-refractivity contribution is 0.0993. The van der Waals surface area contributed by atoms with Crippen molar-refractivity contribution in [2.75, 3.05) is 5.73 Å². The molecule has 1 aromatic heterocycles. The van der Waals surface area contributed by atoms with Crippen molar-refractivity contribution in [2.24, 2.45) is 5.73 Å². The Bertz CT molecular complexity index is 601. The summed E-state index contributed by atoms with van der Waals surface area (Å²) < 4.78 is 1.68. The third-order valence-electron chi connectivity index (χ3n) is 2.94. The number of nitrogens with zero attached hydrogens (tertiary/aromatic N) is 2. The number of aryl methyl sites for hydroxylation is 2. The number of nitrogen functional groups attached to an aromatic ring is 1. The Morgan fingerprint density at radius 2 is 2.11 bits per heavy atom. The second-order valence-corrected chi connectivity index (χ2v) is 4.40. The number of nitrogens with two attached hydrogens (primary N) is 2. The van der Waals surface area contributed by atoms with Crippen molar-refractivity contribution in [1.29, 1.82) is 0 Å². The molecule has 0 unspecified atom stereocenters. The van der Waals surface area contributed by atoms with Crippen LogP contribution in [0.1, 0.15) is 27.2 Å². The summed E-state index contributed by atoms with van der Waals surface area (Å²) in [6.07, 6.45) is 1.54. The fourth-order valence-electron chi connectivity index (χ4n) is 1.99. The van der Waals surface area contributed by atoms with E-state index in [2.05, 4.69) is 11.1 Å². The molecule has 18 heavy (non-hydrogen) atoms. The number of hydrogen-bond acceptors (Lipinski definition) is 3. The fourth-order valence-corrected chi connectivity index (χ4v) is 1.99. The predicted molar refractivity (Wildman–Crippen MR) is 70.2 cm³/mol. The van der Waals surface area contributed by atoms with Crippen molar-refractivity contribution in [3.63, 3.8) is 0 Å². The molecule has 0 spiro atoms. The van der Waals surface area contributed by atoms with Gasteiger partial charge in [-0.05, 0) is 25.0 Å². The second kappa shape index (κ2) is 4.52. The summed E-state index contributed by atoms with van der Waals surface area (Å²) in [6, 6.07) is 6.16. The molecule has 0 aliphatic rings. The Kier molecular flexibility index (Phi) is 3.06. The van der Waals surface area contributed by atoms with Crippen LogP contribution in [-0.4, -0.2) is 15.5 Å². The molecule has 2 rings (SSSR count). The van der Waals surface area contributed by atoms with Crippen molar-refractivity contribution >= 4 is 11.7 Å². The molecule has 0 radical (unpaired) electrons. The standard InChI is InChI=1S/C13H16N4O/c1-8-3-4-10(9(2)5-8)6-17-7-16-12(14)11(17)13(15)18/h3-5,7H,6,14H2,1-2H3,(H2,15,18). The number of carbonyl (C=O) groups is 1. The molecule has 94 valence electrons. The summed E-state index contributed by atoms with van der Waals surface area (Å²) in [5.41, 5.74) is 14.7. The highest BCUT2D eigenvalue weighted by Gasteiger charge is 2.14. The Hall–Kier alpha value is -2.30. The summed E-state index contributed by atoms with van der Waals surface area (Å²) in [5, 5.41) is 0. The normalized spacial score (nSPS) is 10.6. The van der Waals surface area contributed by atoms with Crippen molar-refractivity contribution in [3.8, 4) is 0 Å². The molecule has 0 aliphatic carbocycles. The first-order valence-electron chi connectivity index (χ1n) is 5.65. The first-order valence-corrected chi connectivity index (χ1v) is 5.65. The van der Waals surface area contributed by atoms with Crippen molar-refractivity contribution in [2.45, 2.75) is 20.4 Å². The van der Waals surface area contributed by atoms with Gasteiger partial charge in [0.1, 0.15) is 0 Å². The van der Waals surface area contributed by atoms with Gasteiger partial charge in [0.05, 0.1) is 6.33 Å². The van der Waals surface area contributed by atoms with Gasteiger partial charge in [0.25, 0.3) is 5.91 Å². The van der Waals surface area contributed by atoms with Crippen molar-refractivity contribution in [1.82, 2.24) is 9.55 Å². The number of hydrogen-bond donors (Lipinski definition) is 2. The zero-order chi connectivity index (χ0) is 13.3. The monoisotopic (exact) mass is 244 g/mol. The van der Waals surface area contributed by atoms with E-state index < -0.39 is 5.91 Å². The SMILES string of the molecule is Cc1ccc(Cn2cnc(N)c2C(N)=O)c(C)c1. The average Bonchev–Trinajstić information content (AvgIpc) is 2.64. The van der Waals surface area contributed by atoms with Crippen LogP contribution in [0.4, 0.5) is 5.82 Å². The highest BCUT2D eigenvalue weighted by Crippen LogP contribution is 2.15. The number of benzene rings is 1. The van der Waals surface area contributed by atoms with Crippen LogP contribution in [0.3, 0.4) is 0 Å². The number of rotatable bonds is 3. The Morgan fingerprint density at radius 3 is 2.72 bits per heavy atom. The summed E-state index contributed by atoms with van der Waals surface area (Å²) in [5.74, 6) is -0.387. The van der Waals surface area contributed by atoms with E-state index in [1.807, 2.05) is 26.0 Å². The summed E-state index contributed by atoms with van der Waals surface area (Å²) in [4.78, 5) is 15.2. The van der Waals surface area contributed by atoms with Crippen LogP contribution in [0.5, 0.6) is 0 Å². The molecule has 0 fully saturated rings. The van der Waals surface area contributed by atoms with Gasteiger partial charge in [-0.3, -0.25) is 4.79 Å². The van der Waals surface area contributed by atoms with E-state index in [4.69, 9.17) is 11.5 Å². The first kappa shape index (κ1) is 12.2. The van der Waals surface area contributed by atoms with E-state index in [9.17, 15) is 4.79 Å². The number of aromatic nitrogens is 2. The Balaban J connectivity index is 2.37. The van der Waals surface area contributed by atoms with E-state index in [0.717, 1.165) is 11.1 Å². The molecule has 4 N–H and O–H groups in total. The van der Waals surface area contributed by atoms with Gasteiger partial charge in [-0.15, -0.1) is 0 Å². The highest BCUT2D eigenvalue weighted by atomic mass is 16.1. The van der Waals surface area contributed by atoms with Gasteiger partial charge in [-0.1, -0.05) is 23.8 Å². The minimum absolute atomic E-state index is 0.173. The van der Waals surface area contributed by atoms with Crippen LogP contribution < -0.4 is 11.5 Å². The van der Waals surface area contributed by atoms with E-state index in [1.54, 1.807) is 4.57 Å². The summed E-state index contributed by atoms with van der Waals surface area (Å²) in [6.45, 7) is 4.61. The number of carbonyl (C=O) groups excluding carboxylic acids is 1. The van der Waals surface area contributed by atoms with E-state index >= 15 is 0 Å². The maximum atomic E-state index is 11.3. The lowest BCUT2D eigenvalue weighted by Crippen LogP contribution is -2.19. The van der Waals surface area contributed by atoms with Gasteiger partial charge in [-0.2, -0.15) is 0 Å². The van der Waals surface area contributed by atoms with Gasteiger partial charge >= 0.3 is 0 Å².